The van der Waals surface area contributed by atoms with Crippen LogP contribution < -0.4 is 5.73 Å². The van der Waals surface area contributed by atoms with Crippen LogP contribution in [0.3, 0.4) is 0 Å². The zero-order valence-electron chi connectivity index (χ0n) is 10.7. The van der Waals surface area contributed by atoms with Gasteiger partial charge in [-0.1, -0.05) is 23.2 Å². The number of ether oxygens (including phenoxy) is 1. The molecule has 1 aromatic carbocycles. The van der Waals surface area contributed by atoms with Crippen molar-refractivity contribution in [1.29, 1.82) is 0 Å². The van der Waals surface area contributed by atoms with Crippen molar-refractivity contribution in [1.82, 2.24) is 0 Å². The molecule has 7 heteroatoms. The van der Waals surface area contributed by atoms with Gasteiger partial charge < -0.3 is 15.6 Å². The van der Waals surface area contributed by atoms with Crippen molar-refractivity contribution in [2.45, 2.75) is 19.9 Å². The van der Waals surface area contributed by atoms with Gasteiger partial charge in [-0.3, -0.25) is 4.79 Å². The molecule has 1 atom stereocenters. The molecule has 1 aromatic rings. The van der Waals surface area contributed by atoms with Crippen molar-refractivity contribution >= 4 is 41.6 Å². The number of carbonyl (C=O) groups is 1. The highest BCUT2D eigenvalue weighted by Crippen LogP contribution is 2.41. The molecule has 0 radical (unpaired) electrons. The Kier molecular flexibility index (Phi) is 6.42. The maximum atomic E-state index is 11.7. The molecule has 0 aliphatic carbocycles. The van der Waals surface area contributed by atoms with Crippen LogP contribution in [0.15, 0.2) is 12.1 Å². The fraction of sp³-hybridized carbons (Fsp3) is 0.417. The zero-order valence-corrected chi connectivity index (χ0v) is 13.1. The van der Waals surface area contributed by atoms with Crippen molar-refractivity contribution in [3.8, 4) is 5.75 Å². The third-order valence-corrected chi connectivity index (χ3v) is 3.39. The van der Waals surface area contributed by atoms with Gasteiger partial charge in [0.05, 0.1) is 17.5 Å². The number of benzene rings is 1. The Balaban J connectivity index is 0.00000324. The van der Waals surface area contributed by atoms with E-state index >= 15 is 0 Å². The van der Waals surface area contributed by atoms with Crippen LogP contribution in [0.25, 0.3) is 0 Å². The highest BCUT2D eigenvalue weighted by Gasteiger charge is 2.38. The van der Waals surface area contributed by atoms with Gasteiger partial charge >= 0.3 is 5.97 Å². The molecule has 0 spiro atoms. The zero-order chi connectivity index (χ0) is 14.1. The summed E-state index contributed by atoms with van der Waals surface area (Å²) >= 11 is 11.7. The highest BCUT2D eigenvalue weighted by molar-refractivity contribution is 6.35. The largest absolute Gasteiger partial charge is 0.506 e. The minimum atomic E-state index is -1.01. The van der Waals surface area contributed by atoms with Gasteiger partial charge in [0, 0.05) is 16.6 Å². The first-order chi connectivity index (χ1) is 8.21. The average molecular weight is 329 g/mol. The molecule has 19 heavy (non-hydrogen) atoms. The second kappa shape index (κ2) is 6.66. The molecule has 0 fully saturated rings. The number of hydrogen-bond donors (Lipinski definition) is 2. The van der Waals surface area contributed by atoms with Crippen LogP contribution in [-0.4, -0.2) is 18.2 Å². The third kappa shape index (κ3) is 3.66. The van der Waals surface area contributed by atoms with Gasteiger partial charge in [-0.15, -0.1) is 12.4 Å². The first-order valence-corrected chi connectivity index (χ1v) is 5.99. The molecule has 0 bridgehead atoms. The molecule has 0 aliphatic rings. The Morgan fingerprint density at radius 1 is 1.42 bits per heavy atom. The minimum Gasteiger partial charge on any atom is -0.506 e. The summed E-state index contributed by atoms with van der Waals surface area (Å²) in [5, 5.41) is 10.3. The molecule has 0 saturated carbocycles. The summed E-state index contributed by atoms with van der Waals surface area (Å²) in [6, 6.07) is 2.10. The summed E-state index contributed by atoms with van der Waals surface area (Å²) in [6.45, 7) is 3.25. The number of phenols is 1. The van der Waals surface area contributed by atoms with E-state index in [1.165, 1.54) is 19.2 Å². The van der Waals surface area contributed by atoms with E-state index in [0.717, 1.165) is 0 Å². The Morgan fingerprint density at radius 2 is 1.95 bits per heavy atom. The molecule has 0 aliphatic heterocycles. The Labute approximate surface area is 128 Å². The summed E-state index contributed by atoms with van der Waals surface area (Å²) in [6.07, 6.45) is 0. The second-order valence-corrected chi connectivity index (χ2v) is 5.36. The van der Waals surface area contributed by atoms with E-state index in [-0.39, 0.29) is 23.2 Å². The summed E-state index contributed by atoms with van der Waals surface area (Å²) in [4.78, 5) is 11.7. The Morgan fingerprint density at radius 3 is 2.42 bits per heavy atom. The molecular formula is C12H16Cl3NO3. The Bertz CT molecular complexity index is 478. The molecule has 1 rings (SSSR count). The lowest BCUT2D eigenvalue weighted by Crippen LogP contribution is -2.37. The van der Waals surface area contributed by atoms with Crippen LogP contribution in [0.5, 0.6) is 5.75 Å². The van der Waals surface area contributed by atoms with Crippen molar-refractivity contribution in [2.75, 3.05) is 7.11 Å². The van der Waals surface area contributed by atoms with Gasteiger partial charge in [0.1, 0.15) is 5.75 Å². The van der Waals surface area contributed by atoms with Gasteiger partial charge in [-0.2, -0.15) is 0 Å². The monoisotopic (exact) mass is 327 g/mol. The van der Waals surface area contributed by atoms with Crippen LogP contribution in [0, 0.1) is 5.41 Å². The number of phenolic OH excluding ortho intramolecular Hbond substituents is 1. The molecular weight excluding hydrogens is 312 g/mol. The van der Waals surface area contributed by atoms with E-state index in [9.17, 15) is 9.90 Å². The van der Waals surface area contributed by atoms with Gasteiger partial charge in [0.15, 0.2) is 0 Å². The predicted molar refractivity (Wildman–Crippen MR) is 78.1 cm³/mol. The van der Waals surface area contributed by atoms with Crippen molar-refractivity contribution < 1.29 is 14.6 Å². The quantitative estimate of drug-likeness (QED) is 0.835. The van der Waals surface area contributed by atoms with Crippen LogP contribution >= 0.6 is 35.6 Å². The fourth-order valence-corrected chi connectivity index (χ4v) is 2.11. The number of aromatic hydroxyl groups is 1. The van der Waals surface area contributed by atoms with E-state index in [4.69, 9.17) is 33.7 Å². The second-order valence-electron chi connectivity index (χ2n) is 4.52. The summed E-state index contributed by atoms with van der Waals surface area (Å²) in [5.74, 6) is -0.656. The summed E-state index contributed by atoms with van der Waals surface area (Å²) in [5.41, 5.74) is 5.30. The molecule has 0 unspecified atom stereocenters. The number of carbonyl (C=O) groups excluding carboxylic acids is 1. The topological polar surface area (TPSA) is 72.5 Å². The predicted octanol–water partition coefficient (Wildman–Crippen LogP) is 3.32. The van der Waals surface area contributed by atoms with Gasteiger partial charge in [0.2, 0.25) is 0 Å². The van der Waals surface area contributed by atoms with E-state index < -0.39 is 17.4 Å². The molecule has 0 aromatic heterocycles. The maximum Gasteiger partial charge on any atom is 0.313 e. The molecule has 0 amide bonds. The molecule has 0 heterocycles. The smallest absolute Gasteiger partial charge is 0.313 e. The van der Waals surface area contributed by atoms with E-state index in [1.807, 2.05) is 0 Å². The minimum absolute atomic E-state index is 0. The molecule has 0 saturated heterocycles. The number of methoxy groups -OCH3 is 1. The van der Waals surface area contributed by atoms with Crippen molar-refractivity contribution in [3.05, 3.63) is 27.7 Å². The van der Waals surface area contributed by atoms with E-state index in [0.29, 0.717) is 10.6 Å². The fourth-order valence-electron chi connectivity index (χ4n) is 1.60. The molecule has 3 N–H and O–H groups in total. The summed E-state index contributed by atoms with van der Waals surface area (Å²) < 4.78 is 4.69. The standard InChI is InChI=1S/C12H15Cl2NO3.ClH/c1-12(2,11(17)18-3)10(15)7-4-6(13)5-8(14)9(7)16;/h4-5,10,16H,15H2,1-3H3;1H/t10-;/m1./s1. The number of halogens is 3. The first kappa shape index (κ1) is 18.3. The number of nitrogens with two attached hydrogens (primary N) is 1. The number of esters is 1. The number of rotatable bonds is 3. The third-order valence-electron chi connectivity index (χ3n) is 2.88. The van der Waals surface area contributed by atoms with Gasteiger partial charge in [-0.05, 0) is 26.0 Å². The van der Waals surface area contributed by atoms with E-state index in [1.54, 1.807) is 13.8 Å². The lowest BCUT2D eigenvalue weighted by Gasteiger charge is -2.29. The van der Waals surface area contributed by atoms with E-state index in [2.05, 4.69) is 0 Å². The lowest BCUT2D eigenvalue weighted by molar-refractivity contribution is -0.152. The van der Waals surface area contributed by atoms with Crippen molar-refractivity contribution in [3.63, 3.8) is 0 Å². The lowest BCUT2D eigenvalue weighted by atomic mass is 9.80. The van der Waals surface area contributed by atoms with Crippen LogP contribution in [0.4, 0.5) is 0 Å². The maximum absolute atomic E-state index is 11.7. The van der Waals surface area contributed by atoms with Crippen LogP contribution in [-0.2, 0) is 9.53 Å². The highest BCUT2D eigenvalue weighted by atomic mass is 35.5. The molecule has 4 nitrogen and oxygen atoms in total. The normalized spacial score (nSPS) is 12.5. The number of hydrogen-bond acceptors (Lipinski definition) is 4. The van der Waals surface area contributed by atoms with Crippen LogP contribution in [0.2, 0.25) is 10.0 Å². The molecule has 108 valence electrons. The first-order valence-electron chi connectivity index (χ1n) is 5.23. The van der Waals surface area contributed by atoms with Crippen molar-refractivity contribution in [2.24, 2.45) is 11.1 Å². The van der Waals surface area contributed by atoms with Crippen LogP contribution in [0.1, 0.15) is 25.5 Å². The van der Waals surface area contributed by atoms with Gasteiger partial charge in [-0.25, -0.2) is 0 Å². The summed E-state index contributed by atoms with van der Waals surface area (Å²) in [7, 11) is 1.28. The Hall–Kier alpha value is -0.680. The SMILES string of the molecule is COC(=O)C(C)(C)[C@H](N)c1cc(Cl)cc(Cl)c1O.Cl. The van der Waals surface area contributed by atoms with Gasteiger partial charge in [0.25, 0.3) is 0 Å². The average Bonchev–Trinajstić information content (AvgIpc) is 2.31.